The third kappa shape index (κ3) is 3.47. The molecule has 0 bridgehead atoms. The fourth-order valence-electron chi connectivity index (χ4n) is 3.70. The van der Waals surface area contributed by atoms with Gasteiger partial charge in [-0.1, -0.05) is 36.4 Å². The van der Waals surface area contributed by atoms with E-state index in [-0.39, 0.29) is 11.1 Å². The normalized spacial score (nSPS) is 12.8. The molecule has 0 fully saturated rings. The van der Waals surface area contributed by atoms with Gasteiger partial charge in [-0.15, -0.1) is 0 Å². The van der Waals surface area contributed by atoms with Crippen LogP contribution in [0.5, 0.6) is 0 Å². The molecule has 0 aliphatic heterocycles. The van der Waals surface area contributed by atoms with E-state index < -0.39 is 35.1 Å². The van der Waals surface area contributed by atoms with Crippen molar-refractivity contribution in [3.63, 3.8) is 0 Å². The van der Waals surface area contributed by atoms with E-state index in [1.807, 2.05) is 0 Å². The Hall–Kier alpha value is -3.48. The van der Waals surface area contributed by atoms with Crippen molar-refractivity contribution >= 4 is 16.7 Å². The molecule has 1 heterocycles. The minimum Gasteiger partial charge on any atom is -0.361 e. The molecular formula is C23H14F5NO. The number of H-pyrrole nitrogens is 1. The van der Waals surface area contributed by atoms with Gasteiger partial charge < -0.3 is 4.98 Å². The number of carbonyl (C=O) groups is 1. The summed E-state index contributed by atoms with van der Waals surface area (Å²) in [5.74, 6) is -4.81. The summed E-state index contributed by atoms with van der Waals surface area (Å²) in [6.45, 7) is 0. The lowest BCUT2D eigenvalue weighted by Gasteiger charge is -2.23. The Bertz CT molecular complexity index is 1230. The van der Waals surface area contributed by atoms with Crippen LogP contribution in [0.3, 0.4) is 0 Å². The Morgan fingerprint density at radius 2 is 1.63 bits per heavy atom. The smallest absolute Gasteiger partial charge is 0.361 e. The van der Waals surface area contributed by atoms with Crippen LogP contribution in [0.2, 0.25) is 0 Å². The largest absolute Gasteiger partial charge is 0.454 e. The van der Waals surface area contributed by atoms with Crippen LogP contribution in [-0.2, 0) is 0 Å². The first-order chi connectivity index (χ1) is 14.3. The number of fused-ring (bicyclic) bond motifs is 1. The van der Waals surface area contributed by atoms with E-state index in [2.05, 4.69) is 4.98 Å². The fourth-order valence-corrected chi connectivity index (χ4v) is 3.70. The summed E-state index contributed by atoms with van der Waals surface area (Å²) < 4.78 is 68.4. The zero-order valence-electron chi connectivity index (χ0n) is 15.3. The van der Waals surface area contributed by atoms with Crippen molar-refractivity contribution in [1.82, 2.24) is 4.98 Å². The molecule has 1 N–H and O–H groups in total. The van der Waals surface area contributed by atoms with Crippen LogP contribution in [0.15, 0.2) is 72.9 Å². The Kier molecular flexibility index (Phi) is 4.89. The van der Waals surface area contributed by atoms with Crippen molar-refractivity contribution in [2.24, 2.45) is 0 Å². The minimum absolute atomic E-state index is 0.00721. The van der Waals surface area contributed by atoms with Crippen molar-refractivity contribution in [3.8, 4) is 0 Å². The number of hydrogen-bond acceptors (Lipinski definition) is 1. The van der Waals surface area contributed by atoms with Crippen molar-refractivity contribution < 1.29 is 26.7 Å². The molecule has 0 aliphatic carbocycles. The van der Waals surface area contributed by atoms with Gasteiger partial charge in [0.15, 0.2) is 0 Å². The van der Waals surface area contributed by atoms with Gasteiger partial charge in [0.25, 0.3) is 5.78 Å². The second-order valence-electron chi connectivity index (χ2n) is 6.80. The molecule has 1 unspecified atom stereocenters. The minimum atomic E-state index is -5.11. The topological polar surface area (TPSA) is 32.9 Å². The maximum absolute atomic E-state index is 14.8. The number of carbonyl (C=O) groups excluding carboxylic acids is 1. The highest BCUT2D eigenvalue weighted by Crippen LogP contribution is 2.41. The molecule has 3 aromatic carbocycles. The van der Waals surface area contributed by atoms with E-state index >= 15 is 0 Å². The average Bonchev–Trinajstić information content (AvgIpc) is 3.18. The molecular weight excluding hydrogens is 401 g/mol. The van der Waals surface area contributed by atoms with E-state index in [1.54, 1.807) is 30.3 Å². The molecule has 152 valence electrons. The molecule has 1 aromatic heterocycles. The summed E-state index contributed by atoms with van der Waals surface area (Å²) in [6, 6.07) is 15.2. The molecule has 0 saturated carbocycles. The molecule has 7 heteroatoms. The van der Waals surface area contributed by atoms with Gasteiger partial charge in [-0.3, -0.25) is 4.79 Å². The van der Waals surface area contributed by atoms with E-state index in [4.69, 9.17) is 0 Å². The number of alkyl halides is 3. The monoisotopic (exact) mass is 415 g/mol. The van der Waals surface area contributed by atoms with E-state index in [0.717, 1.165) is 12.1 Å². The number of benzene rings is 3. The summed E-state index contributed by atoms with van der Waals surface area (Å²) in [5.41, 5.74) is 0.354. The van der Waals surface area contributed by atoms with Gasteiger partial charge in [-0.25, -0.2) is 8.78 Å². The lowest BCUT2D eigenvalue weighted by Crippen LogP contribution is -2.25. The van der Waals surface area contributed by atoms with Crippen LogP contribution in [0, 0.1) is 11.6 Å². The van der Waals surface area contributed by atoms with Crippen LogP contribution in [-0.4, -0.2) is 16.9 Å². The molecule has 0 amide bonds. The van der Waals surface area contributed by atoms with Crippen molar-refractivity contribution in [3.05, 3.63) is 107 Å². The number of Topliss-reactive ketones (excluding diaryl/α,β-unsaturated/α-hetero) is 1. The molecule has 0 aliphatic rings. The van der Waals surface area contributed by atoms with Crippen LogP contribution in [0.4, 0.5) is 22.0 Å². The second kappa shape index (κ2) is 7.40. The molecule has 0 spiro atoms. The second-order valence-corrected chi connectivity index (χ2v) is 6.80. The zero-order chi connectivity index (χ0) is 21.5. The molecule has 1 atom stereocenters. The number of halogens is 5. The maximum atomic E-state index is 14.8. The van der Waals surface area contributed by atoms with E-state index in [0.29, 0.717) is 22.5 Å². The quantitative estimate of drug-likeness (QED) is 0.234. The third-order valence-electron chi connectivity index (χ3n) is 4.97. The highest BCUT2D eigenvalue weighted by molar-refractivity contribution is 6.06. The van der Waals surface area contributed by atoms with Crippen molar-refractivity contribution in [2.45, 2.75) is 12.1 Å². The molecule has 4 aromatic rings. The van der Waals surface area contributed by atoms with Crippen molar-refractivity contribution in [1.29, 1.82) is 0 Å². The molecule has 30 heavy (non-hydrogen) atoms. The maximum Gasteiger partial charge on any atom is 0.454 e. The number of nitrogens with one attached hydrogen (secondary N) is 1. The zero-order valence-corrected chi connectivity index (χ0v) is 15.3. The van der Waals surface area contributed by atoms with Crippen LogP contribution in [0.25, 0.3) is 10.9 Å². The number of rotatable bonds is 4. The molecule has 0 radical (unpaired) electrons. The van der Waals surface area contributed by atoms with Crippen molar-refractivity contribution in [2.75, 3.05) is 0 Å². The van der Waals surface area contributed by atoms with E-state index in [1.165, 1.54) is 24.4 Å². The Labute approximate surface area is 168 Å². The highest BCUT2D eigenvalue weighted by atomic mass is 19.4. The Morgan fingerprint density at radius 1 is 0.900 bits per heavy atom. The number of aromatic amines is 1. The average molecular weight is 415 g/mol. The standard InChI is InChI=1S/C23H14F5NO/c24-14-6-7-15(18(25)12-14)20(13-4-2-1-3-5-13)21-16-10-11-29-19(16)9-8-17(21)22(30)23(26,27)28/h1-12,20,29H. The van der Waals surface area contributed by atoms with Gasteiger partial charge in [-0.2, -0.15) is 13.2 Å². The van der Waals surface area contributed by atoms with Crippen LogP contribution < -0.4 is 0 Å². The first kappa shape index (κ1) is 19.8. The molecule has 2 nitrogen and oxygen atoms in total. The molecule has 0 saturated heterocycles. The van der Waals surface area contributed by atoms with Gasteiger partial charge in [0, 0.05) is 34.6 Å². The van der Waals surface area contributed by atoms with E-state index in [9.17, 15) is 26.7 Å². The van der Waals surface area contributed by atoms with Gasteiger partial charge in [0.1, 0.15) is 11.6 Å². The van der Waals surface area contributed by atoms with Gasteiger partial charge in [0.05, 0.1) is 0 Å². The lowest BCUT2D eigenvalue weighted by molar-refractivity contribution is -0.0885. The predicted molar refractivity (Wildman–Crippen MR) is 102 cm³/mol. The Balaban J connectivity index is 2.09. The number of aromatic nitrogens is 1. The fraction of sp³-hybridized carbons (Fsp3) is 0.0870. The SMILES string of the molecule is O=C(c1ccc2[nH]ccc2c1C(c1ccccc1)c1ccc(F)cc1F)C(F)(F)F. The summed E-state index contributed by atoms with van der Waals surface area (Å²) in [4.78, 5) is 15.2. The van der Waals surface area contributed by atoms with Gasteiger partial charge in [-0.05, 0) is 41.0 Å². The van der Waals surface area contributed by atoms with Gasteiger partial charge >= 0.3 is 6.18 Å². The number of ketones is 1. The summed E-state index contributed by atoms with van der Waals surface area (Å²) in [7, 11) is 0. The third-order valence-corrected chi connectivity index (χ3v) is 4.97. The Morgan fingerprint density at radius 3 is 2.30 bits per heavy atom. The predicted octanol–water partition coefficient (Wildman–Crippen LogP) is 6.37. The molecule has 4 rings (SSSR count). The summed E-state index contributed by atoms with van der Waals surface area (Å²) >= 11 is 0. The lowest BCUT2D eigenvalue weighted by atomic mass is 9.80. The van der Waals surface area contributed by atoms with Crippen LogP contribution in [0.1, 0.15) is 33.0 Å². The number of hydrogen-bond donors (Lipinski definition) is 1. The highest BCUT2D eigenvalue weighted by Gasteiger charge is 2.42. The first-order valence-corrected chi connectivity index (χ1v) is 8.99. The van der Waals surface area contributed by atoms with Crippen LogP contribution >= 0.6 is 0 Å². The summed E-state index contributed by atoms with van der Waals surface area (Å²) in [6.07, 6.45) is -3.58. The summed E-state index contributed by atoms with van der Waals surface area (Å²) in [5, 5.41) is 0.350. The first-order valence-electron chi connectivity index (χ1n) is 8.99. The van der Waals surface area contributed by atoms with Gasteiger partial charge in [0.2, 0.25) is 0 Å².